The summed E-state index contributed by atoms with van der Waals surface area (Å²) < 4.78 is 11.5. The number of aryl methyl sites for hydroxylation is 3. The van der Waals surface area contributed by atoms with Gasteiger partial charge in [-0.3, -0.25) is 0 Å². The van der Waals surface area contributed by atoms with Crippen molar-refractivity contribution in [2.45, 2.75) is 38.7 Å². The second-order valence-electron chi connectivity index (χ2n) is 5.33. The van der Waals surface area contributed by atoms with Crippen LogP contribution >= 0.6 is 0 Å². The lowest BCUT2D eigenvalue weighted by atomic mass is 10.1. The van der Waals surface area contributed by atoms with Crippen LogP contribution in [-0.2, 0) is 25.9 Å². The first-order valence-corrected chi connectivity index (χ1v) is 7.37. The summed E-state index contributed by atoms with van der Waals surface area (Å²) in [6.45, 7) is 1.18. The van der Waals surface area contributed by atoms with E-state index in [1.807, 2.05) is 12.1 Å². The van der Waals surface area contributed by atoms with E-state index in [0.717, 1.165) is 30.1 Å². The Labute approximate surface area is 119 Å². The summed E-state index contributed by atoms with van der Waals surface area (Å²) in [6, 6.07) is 10.4. The molecule has 0 unspecified atom stereocenters. The molecule has 0 bridgehead atoms. The summed E-state index contributed by atoms with van der Waals surface area (Å²) in [7, 11) is 0. The number of nitrogens with two attached hydrogens (primary N) is 1. The van der Waals surface area contributed by atoms with E-state index in [0.29, 0.717) is 13.2 Å². The van der Waals surface area contributed by atoms with Gasteiger partial charge < -0.3 is 14.9 Å². The van der Waals surface area contributed by atoms with Crippen LogP contribution in [-0.4, -0.2) is 6.54 Å². The minimum absolute atomic E-state index is 0.488. The molecule has 1 aliphatic carbocycles. The molecule has 0 atom stereocenters. The zero-order valence-electron chi connectivity index (χ0n) is 11.7. The Kier molecular flexibility index (Phi) is 4.07. The molecule has 2 N–H and O–H groups in total. The second-order valence-corrected chi connectivity index (χ2v) is 5.33. The molecular formula is C17H21NO2. The minimum Gasteiger partial charge on any atom is -0.486 e. The largest absolute Gasteiger partial charge is 0.486 e. The van der Waals surface area contributed by atoms with Gasteiger partial charge in [0, 0.05) is 6.42 Å². The Bertz CT molecular complexity index is 574. The van der Waals surface area contributed by atoms with Crippen LogP contribution in [0.1, 0.15) is 35.5 Å². The van der Waals surface area contributed by atoms with Gasteiger partial charge in [-0.2, -0.15) is 0 Å². The van der Waals surface area contributed by atoms with Crippen molar-refractivity contribution in [2.24, 2.45) is 5.73 Å². The lowest BCUT2D eigenvalue weighted by Crippen LogP contribution is -1.99. The average molecular weight is 271 g/mol. The third-order valence-corrected chi connectivity index (χ3v) is 3.80. The summed E-state index contributed by atoms with van der Waals surface area (Å²) >= 11 is 0. The summed E-state index contributed by atoms with van der Waals surface area (Å²) in [5.41, 5.74) is 8.40. The van der Waals surface area contributed by atoms with Gasteiger partial charge in [-0.15, -0.1) is 0 Å². The van der Waals surface area contributed by atoms with Gasteiger partial charge in [-0.25, -0.2) is 0 Å². The lowest BCUT2D eigenvalue weighted by Gasteiger charge is -2.06. The Morgan fingerprint density at radius 1 is 1.05 bits per heavy atom. The third-order valence-electron chi connectivity index (χ3n) is 3.80. The van der Waals surface area contributed by atoms with Crippen LogP contribution in [0.5, 0.6) is 5.75 Å². The predicted molar refractivity (Wildman–Crippen MR) is 78.9 cm³/mol. The molecule has 0 radical (unpaired) electrons. The topological polar surface area (TPSA) is 48.4 Å². The number of hydrogen-bond donors (Lipinski definition) is 1. The van der Waals surface area contributed by atoms with Gasteiger partial charge >= 0.3 is 0 Å². The van der Waals surface area contributed by atoms with Crippen LogP contribution < -0.4 is 10.5 Å². The van der Waals surface area contributed by atoms with Crippen LogP contribution in [0.2, 0.25) is 0 Å². The Morgan fingerprint density at radius 3 is 2.80 bits per heavy atom. The van der Waals surface area contributed by atoms with Crippen molar-refractivity contribution in [3.8, 4) is 5.75 Å². The number of hydrogen-bond acceptors (Lipinski definition) is 3. The van der Waals surface area contributed by atoms with E-state index in [1.54, 1.807) is 0 Å². The molecule has 0 saturated carbocycles. The van der Waals surface area contributed by atoms with E-state index in [-0.39, 0.29) is 0 Å². The summed E-state index contributed by atoms with van der Waals surface area (Å²) in [5, 5.41) is 0. The quantitative estimate of drug-likeness (QED) is 0.877. The van der Waals surface area contributed by atoms with Crippen LogP contribution in [0, 0.1) is 0 Å². The number of rotatable bonds is 6. The van der Waals surface area contributed by atoms with Crippen LogP contribution in [0.15, 0.2) is 34.7 Å². The highest BCUT2D eigenvalue weighted by molar-refractivity contribution is 5.38. The molecule has 0 spiro atoms. The van der Waals surface area contributed by atoms with Crippen molar-refractivity contribution in [3.63, 3.8) is 0 Å². The fourth-order valence-electron chi connectivity index (χ4n) is 2.70. The van der Waals surface area contributed by atoms with E-state index in [2.05, 4.69) is 18.2 Å². The normalized spacial score (nSPS) is 13.4. The van der Waals surface area contributed by atoms with Gasteiger partial charge in [0.05, 0.1) is 0 Å². The second kappa shape index (κ2) is 6.14. The molecule has 1 heterocycles. The van der Waals surface area contributed by atoms with E-state index < -0.39 is 0 Å². The lowest BCUT2D eigenvalue weighted by molar-refractivity contribution is 0.265. The van der Waals surface area contributed by atoms with Gasteiger partial charge in [-0.05, 0) is 67.6 Å². The monoisotopic (exact) mass is 271 g/mol. The number of benzene rings is 1. The van der Waals surface area contributed by atoms with Crippen molar-refractivity contribution in [2.75, 3.05) is 6.54 Å². The van der Waals surface area contributed by atoms with Crippen molar-refractivity contribution in [1.82, 2.24) is 0 Å². The maximum absolute atomic E-state index is 5.82. The highest BCUT2D eigenvalue weighted by Gasteiger charge is 2.11. The summed E-state index contributed by atoms with van der Waals surface area (Å²) in [5.74, 6) is 2.80. The zero-order chi connectivity index (χ0) is 13.8. The molecular weight excluding hydrogens is 250 g/mol. The fraction of sp³-hybridized carbons (Fsp3) is 0.412. The molecule has 1 aromatic carbocycles. The van der Waals surface area contributed by atoms with Gasteiger partial charge in [0.25, 0.3) is 0 Å². The molecule has 0 aliphatic heterocycles. The van der Waals surface area contributed by atoms with E-state index in [1.165, 1.54) is 30.4 Å². The highest BCUT2D eigenvalue weighted by atomic mass is 16.5. The van der Waals surface area contributed by atoms with Crippen molar-refractivity contribution < 1.29 is 9.15 Å². The first-order valence-electron chi connectivity index (χ1n) is 7.37. The van der Waals surface area contributed by atoms with Crippen molar-refractivity contribution in [3.05, 3.63) is 53.0 Å². The maximum atomic E-state index is 5.82. The van der Waals surface area contributed by atoms with Gasteiger partial charge in [0.2, 0.25) is 0 Å². The van der Waals surface area contributed by atoms with E-state index >= 15 is 0 Å². The molecule has 1 aromatic heterocycles. The number of furan rings is 1. The first-order chi connectivity index (χ1) is 9.85. The predicted octanol–water partition coefficient (Wildman–Crippen LogP) is 3.24. The molecule has 2 aromatic rings. The zero-order valence-corrected chi connectivity index (χ0v) is 11.7. The Hall–Kier alpha value is -1.74. The first kappa shape index (κ1) is 13.3. The maximum Gasteiger partial charge on any atom is 0.146 e. The van der Waals surface area contributed by atoms with Crippen molar-refractivity contribution in [1.29, 1.82) is 0 Å². The molecule has 20 heavy (non-hydrogen) atoms. The summed E-state index contributed by atoms with van der Waals surface area (Å²) in [6.07, 6.45) is 5.50. The average Bonchev–Trinajstić information content (AvgIpc) is 3.11. The van der Waals surface area contributed by atoms with E-state index in [9.17, 15) is 0 Å². The molecule has 106 valence electrons. The Balaban J connectivity index is 1.57. The van der Waals surface area contributed by atoms with E-state index in [4.69, 9.17) is 14.9 Å². The molecule has 0 amide bonds. The minimum atomic E-state index is 0.488. The van der Waals surface area contributed by atoms with Crippen LogP contribution in [0.25, 0.3) is 0 Å². The van der Waals surface area contributed by atoms with Crippen LogP contribution in [0.3, 0.4) is 0 Å². The smallest absolute Gasteiger partial charge is 0.146 e. The standard InChI is InChI=1S/C17H21NO2/c18-10-2-5-15-8-9-17(20-15)12-19-16-7-6-13-3-1-4-14(13)11-16/h6-9,11H,1-5,10,12,18H2. The number of fused-ring (bicyclic) bond motifs is 1. The molecule has 0 fully saturated rings. The van der Waals surface area contributed by atoms with Gasteiger partial charge in [0.15, 0.2) is 0 Å². The Morgan fingerprint density at radius 2 is 1.90 bits per heavy atom. The molecule has 3 rings (SSSR count). The van der Waals surface area contributed by atoms with Gasteiger partial charge in [0.1, 0.15) is 23.9 Å². The third kappa shape index (κ3) is 3.05. The summed E-state index contributed by atoms with van der Waals surface area (Å²) in [4.78, 5) is 0. The van der Waals surface area contributed by atoms with Crippen molar-refractivity contribution >= 4 is 0 Å². The fourth-order valence-corrected chi connectivity index (χ4v) is 2.70. The van der Waals surface area contributed by atoms with Gasteiger partial charge in [-0.1, -0.05) is 6.07 Å². The number of ether oxygens (including phenoxy) is 1. The highest BCUT2D eigenvalue weighted by Crippen LogP contribution is 2.26. The molecule has 3 nitrogen and oxygen atoms in total. The molecule has 0 saturated heterocycles. The van der Waals surface area contributed by atoms with Crippen LogP contribution in [0.4, 0.5) is 0 Å². The molecule has 3 heteroatoms. The molecule has 1 aliphatic rings. The SMILES string of the molecule is NCCCc1ccc(COc2ccc3c(c2)CCC3)o1.